The number of benzene rings is 2. The number of amides is 2. The SMILES string of the molecule is CC[C@H](C)NC(=O)c1ccccc1NC(=O)[C@@H](C)Oc1cccc(C)c1C. The van der Waals surface area contributed by atoms with Gasteiger partial charge in [-0.05, 0) is 63.4 Å². The molecule has 0 radical (unpaired) electrons. The normalized spacial score (nSPS) is 12.8. The summed E-state index contributed by atoms with van der Waals surface area (Å²) in [6.07, 6.45) is 0.136. The monoisotopic (exact) mass is 368 g/mol. The number of rotatable bonds is 7. The first kappa shape index (κ1) is 20.5. The van der Waals surface area contributed by atoms with Gasteiger partial charge in [0.2, 0.25) is 0 Å². The molecule has 0 unspecified atom stereocenters. The fourth-order valence-corrected chi connectivity index (χ4v) is 2.52. The minimum atomic E-state index is -0.698. The van der Waals surface area contributed by atoms with Crippen LogP contribution in [0.1, 0.15) is 48.7 Å². The molecule has 0 aromatic heterocycles. The van der Waals surface area contributed by atoms with Crippen LogP contribution in [0.3, 0.4) is 0 Å². The molecule has 0 aliphatic heterocycles. The Hall–Kier alpha value is -2.82. The first-order valence-electron chi connectivity index (χ1n) is 9.27. The topological polar surface area (TPSA) is 67.4 Å². The molecule has 0 heterocycles. The largest absolute Gasteiger partial charge is 0.481 e. The fourth-order valence-electron chi connectivity index (χ4n) is 2.52. The predicted octanol–water partition coefficient (Wildman–Crippen LogP) is 4.24. The van der Waals surface area contributed by atoms with Gasteiger partial charge in [-0.2, -0.15) is 0 Å². The second-order valence-corrected chi connectivity index (χ2v) is 6.78. The van der Waals surface area contributed by atoms with Crippen LogP contribution in [0.2, 0.25) is 0 Å². The summed E-state index contributed by atoms with van der Waals surface area (Å²) in [5, 5.41) is 5.73. The third-order valence-corrected chi connectivity index (χ3v) is 4.65. The van der Waals surface area contributed by atoms with E-state index < -0.39 is 6.10 Å². The van der Waals surface area contributed by atoms with E-state index in [4.69, 9.17) is 4.74 Å². The van der Waals surface area contributed by atoms with Gasteiger partial charge in [0.05, 0.1) is 11.3 Å². The maximum atomic E-state index is 12.6. The molecule has 5 heteroatoms. The summed E-state index contributed by atoms with van der Waals surface area (Å²) in [6, 6.07) is 12.8. The molecule has 2 amide bonds. The summed E-state index contributed by atoms with van der Waals surface area (Å²) >= 11 is 0. The average molecular weight is 368 g/mol. The molecule has 0 aliphatic carbocycles. The molecule has 0 aliphatic rings. The number of para-hydroxylation sites is 1. The highest BCUT2D eigenvalue weighted by Gasteiger charge is 2.19. The summed E-state index contributed by atoms with van der Waals surface area (Å²) < 4.78 is 5.83. The summed E-state index contributed by atoms with van der Waals surface area (Å²) in [5.41, 5.74) is 3.02. The molecule has 27 heavy (non-hydrogen) atoms. The second kappa shape index (κ2) is 9.21. The Bertz CT molecular complexity index is 817. The molecule has 0 saturated heterocycles. The van der Waals surface area contributed by atoms with E-state index in [9.17, 15) is 9.59 Å². The van der Waals surface area contributed by atoms with Crippen LogP contribution in [0.15, 0.2) is 42.5 Å². The van der Waals surface area contributed by atoms with Gasteiger partial charge in [0, 0.05) is 6.04 Å². The molecule has 2 atom stereocenters. The highest BCUT2D eigenvalue weighted by atomic mass is 16.5. The molecule has 5 nitrogen and oxygen atoms in total. The fraction of sp³-hybridized carbons (Fsp3) is 0.364. The van der Waals surface area contributed by atoms with E-state index in [-0.39, 0.29) is 17.9 Å². The highest BCUT2D eigenvalue weighted by molar-refractivity contribution is 6.04. The Morgan fingerprint density at radius 3 is 2.44 bits per heavy atom. The standard InChI is InChI=1S/C22H28N2O3/c1-6-15(3)23-22(26)18-11-7-8-12-19(18)24-21(25)17(5)27-20-13-9-10-14(2)16(20)4/h7-13,15,17H,6H2,1-5H3,(H,23,26)(H,24,25)/t15-,17+/m0/s1. The van der Waals surface area contributed by atoms with E-state index in [1.165, 1.54) is 0 Å². The van der Waals surface area contributed by atoms with Crippen molar-refractivity contribution >= 4 is 17.5 Å². The Kier molecular flexibility index (Phi) is 6.99. The first-order valence-corrected chi connectivity index (χ1v) is 9.27. The van der Waals surface area contributed by atoms with E-state index in [1.54, 1.807) is 31.2 Å². The minimum Gasteiger partial charge on any atom is -0.481 e. The van der Waals surface area contributed by atoms with Gasteiger partial charge in [0.15, 0.2) is 6.10 Å². The molecule has 0 saturated carbocycles. The van der Waals surface area contributed by atoms with Gasteiger partial charge in [-0.25, -0.2) is 0 Å². The van der Waals surface area contributed by atoms with Crippen molar-refractivity contribution in [1.29, 1.82) is 0 Å². The van der Waals surface area contributed by atoms with Crippen LogP contribution >= 0.6 is 0 Å². The molecular weight excluding hydrogens is 340 g/mol. The van der Waals surface area contributed by atoms with Crippen LogP contribution in [0, 0.1) is 13.8 Å². The number of carbonyl (C=O) groups is 2. The maximum absolute atomic E-state index is 12.6. The van der Waals surface area contributed by atoms with Crippen LogP contribution in [-0.2, 0) is 4.79 Å². The lowest BCUT2D eigenvalue weighted by Gasteiger charge is -2.19. The first-order chi connectivity index (χ1) is 12.8. The zero-order chi connectivity index (χ0) is 20.0. The van der Waals surface area contributed by atoms with Gasteiger partial charge in [0.25, 0.3) is 11.8 Å². The van der Waals surface area contributed by atoms with Crippen LogP contribution in [0.5, 0.6) is 5.75 Å². The molecular formula is C22H28N2O3. The minimum absolute atomic E-state index is 0.0628. The average Bonchev–Trinajstić information content (AvgIpc) is 2.65. The van der Waals surface area contributed by atoms with Crippen LogP contribution in [0.4, 0.5) is 5.69 Å². The zero-order valence-electron chi connectivity index (χ0n) is 16.6. The Morgan fingerprint density at radius 2 is 1.74 bits per heavy atom. The van der Waals surface area contributed by atoms with Gasteiger partial charge in [0.1, 0.15) is 5.75 Å². The van der Waals surface area contributed by atoms with Crippen LogP contribution in [-0.4, -0.2) is 24.0 Å². The van der Waals surface area contributed by atoms with Gasteiger partial charge in [-0.15, -0.1) is 0 Å². The number of carbonyl (C=O) groups excluding carboxylic acids is 2. The van der Waals surface area contributed by atoms with Crippen molar-refractivity contribution in [3.8, 4) is 5.75 Å². The van der Waals surface area contributed by atoms with Crippen molar-refractivity contribution in [1.82, 2.24) is 5.32 Å². The highest BCUT2D eigenvalue weighted by Crippen LogP contribution is 2.22. The number of aryl methyl sites for hydroxylation is 1. The number of anilines is 1. The predicted molar refractivity (Wildman–Crippen MR) is 108 cm³/mol. The summed E-state index contributed by atoms with van der Waals surface area (Å²) in [7, 11) is 0. The van der Waals surface area contributed by atoms with E-state index in [0.717, 1.165) is 17.5 Å². The third kappa shape index (κ3) is 5.33. The van der Waals surface area contributed by atoms with Gasteiger partial charge >= 0.3 is 0 Å². The number of hydrogen-bond acceptors (Lipinski definition) is 3. The Morgan fingerprint density at radius 1 is 1.04 bits per heavy atom. The van der Waals surface area contributed by atoms with Crippen LogP contribution < -0.4 is 15.4 Å². The summed E-state index contributed by atoms with van der Waals surface area (Å²) in [5.74, 6) is 0.170. The quantitative estimate of drug-likeness (QED) is 0.768. The summed E-state index contributed by atoms with van der Waals surface area (Å²) in [4.78, 5) is 25.1. The van der Waals surface area contributed by atoms with Gasteiger partial charge < -0.3 is 15.4 Å². The van der Waals surface area contributed by atoms with E-state index in [0.29, 0.717) is 17.0 Å². The van der Waals surface area contributed by atoms with Crippen molar-refractivity contribution in [2.75, 3.05) is 5.32 Å². The molecule has 2 aromatic rings. The molecule has 0 bridgehead atoms. The molecule has 0 fully saturated rings. The molecule has 0 spiro atoms. The zero-order valence-corrected chi connectivity index (χ0v) is 16.6. The lowest BCUT2D eigenvalue weighted by Crippen LogP contribution is -2.34. The second-order valence-electron chi connectivity index (χ2n) is 6.78. The number of hydrogen-bond donors (Lipinski definition) is 2. The van der Waals surface area contributed by atoms with Crippen molar-refractivity contribution in [2.45, 2.75) is 53.2 Å². The van der Waals surface area contributed by atoms with Crippen molar-refractivity contribution in [3.63, 3.8) is 0 Å². The lowest BCUT2D eigenvalue weighted by atomic mass is 10.1. The summed E-state index contributed by atoms with van der Waals surface area (Å²) in [6.45, 7) is 9.60. The van der Waals surface area contributed by atoms with Crippen molar-refractivity contribution in [3.05, 3.63) is 59.2 Å². The molecule has 2 rings (SSSR count). The van der Waals surface area contributed by atoms with Crippen LogP contribution in [0.25, 0.3) is 0 Å². The van der Waals surface area contributed by atoms with Crippen molar-refractivity contribution in [2.24, 2.45) is 0 Å². The number of nitrogens with one attached hydrogen (secondary N) is 2. The van der Waals surface area contributed by atoms with Gasteiger partial charge in [-0.1, -0.05) is 31.2 Å². The molecule has 144 valence electrons. The smallest absolute Gasteiger partial charge is 0.265 e. The number of ether oxygens (including phenoxy) is 1. The van der Waals surface area contributed by atoms with Gasteiger partial charge in [-0.3, -0.25) is 9.59 Å². The lowest BCUT2D eigenvalue weighted by molar-refractivity contribution is -0.122. The molecule has 2 N–H and O–H groups in total. The Labute approximate surface area is 161 Å². The van der Waals surface area contributed by atoms with E-state index in [2.05, 4.69) is 10.6 Å². The molecule has 2 aromatic carbocycles. The third-order valence-electron chi connectivity index (χ3n) is 4.65. The van der Waals surface area contributed by atoms with Crippen molar-refractivity contribution < 1.29 is 14.3 Å². The Balaban J connectivity index is 2.11. The van der Waals surface area contributed by atoms with E-state index in [1.807, 2.05) is 45.9 Å². The maximum Gasteiger partial charge on any atom is 0.265 e. The van der Waals surface area contributed by atoms with E-state index >= 15 is 0 Å².